The molecular formula is C24H29NO7. The van der Waals surface area contributed by atoms with E-state index in [4.69, 9.17) is 23.7 Å². The van der Waals surface area contributed by atoms with Gasteiger partial charge in [-0.3, -0.25) is 9.59 Å². The maximum atomic E-state index is 12.2. The van der Waals surface area contributed by atoms with E-state index in [0.717, 1.165) is 25.0 Å². The zero-order valence-corrected chi connectivity index (χ0v) is 18.6. The zero-order valence-electron chi connectivity index (χ0n) is 18.6. The Hall–Kier alpha value is -3.26. The lowest BCUT2D eigenvalue weighted by molar-refractivity contribution is -0.123. The number of benzene rings is 2. The molecule has 32 heavy (non-hydrogen) atoms. The summed E-state index contributed by atoms with van der Waals surface area (Å²) >= 11 is 0. The van der Waals surface area contributed by atoms with Crippen LogP contribution < -0.4 is 24.3 Å². The number of rotatable bonds is 11. The number of hydrogen-bond donors (Lipinski definition) is 1. The van der Waals surface area contributed by atoms with E-state index in [2.05, 4.69) is 5.32 Å². The van der Waals surface area contributed by atoms with Crippen LogP contribution in [0.1, 0.15) is 35.7 Å². The molecule has 0 bridgehead atoms. The Morgan fingerprint density at radius 1 is 1.00 bits per heavy atom. The molecule has 1 aliphatic heterocycles. The van der Waals surface area contributed by atoms with Gasteiger partial charge in [-0.1, -0.05) is 6.07 Å². The van der Waals surface area contributed by atoms with Gasteiger partial charge in [-0.25, -0.2) is 0 Å². The summed E-state index contributed by atoms with van der Waals surface area (Å²) in [6, 6.07) is 10.4. The lowest BCUT2D eigenvalue weighted by atomic mass is 10.1. The molecule has 0 aromatic heterocycles. The van der Waals surface area contributed by atoms with E-state index in [1.807, 2.05) is 18.2 Å². The van der Waals surface area contributed by atoms with Crippen LogP contribution in [0.5, 0.6) is 23.0 Å². The molecule has 1 amide bonds. The number of nitrogens with one attached hydrogen (secondary N) is 1. The van der Waals surface area contributed by atoms with Crippen molar-refractivity contribution in [2.75, 3.05) is 34.0 Å². The molecule has 1 aliphatic rings. The fourth-order valence-electron chi connectivity index (χ4n) is 3.30. The Kier molecular flexibility index (Phi) is 8.33. The lowest BCUT2D eigenvalue weighted by Crippen LogP contribution is -2.28. The molecule has 172 valence electrons. The predicted octanol–water partition coefficient (Wildman–Crippen LogP) is 3.16. The lowest BCUT2D eigenvalue weighted by Gasteiger charge is -2.15. The molecule has 0 radical (unpaired) electrons. The van der Waals surface area contributed by atoms with Crippen LogP contribution >= 0.6 is 0 Å². The maximum absolute atomic E-state index is 12.2. The van der Waals surface area contributed by atoms with Crippen LogP contribution in [0.25, 0.3) is 0 Å². The van der Waals surface area contributed by atoms with Gasteiger partial charge in [0.1, 0.15) is 6.61 Å². The number of carbonyl (C=O) groups excluding carboxylic acids is 2. The van der Waals surface area contributed by atoms with Crippen LogP contribution in [-0.4, -0.2) is 51.8 Å². The molecule has 0 spiro atoms. The molecular weight excluding hydrogens is 414 g/mol. The number of ketones is 1. The van der Waals surface area contributed by atoms with Crippen molar-refractivity contribution in [3.63, 3.8) is 0 Å². The van der Waals surface area contributed by atoms with Crippen LogP contribution in [-0.2, 0) is 16.1 Å². The highest BCUT2D eigenvalue weighted by molar-refractivity contribution is 5.94. The quantitative estimate of drug-likeness (QED) is 0.533. The van der Waals surface area contributed by atoms with Crippen molar-refractivity contribution in [2.45, 2.75) is 32.4 Å². The van der Waals surface area contributed by atoms with Gasteiger partial charge in [0, 0.05) is 18.7 Å². The molecule has 1 fully saturated rings. The van der Waals surface area contributed by atoms with E-state index in [1.54, 1.807) is 25.3 Å². The molecule has 0 saturated carbocycles. The summed E-state index contributed by atoms with van der Waals surface area (Å²) in [6.07, 6.45) is 2.18. The molecule has 2 aromatic carbocycles. The Bertz CT molecular complexity index is 938. The van der Waals surface area contributed by atoms with Gasteiger partial charge < -0.3 is 29.0 Å². The Labute approximate surface area is 187 Å². The van der Waals surface area contributed by atoms with Crippen molar-refractivity contribution < 1.29 is 33.3 Å². The summed E-state index contributed by atoms with van der Waals surface area (Å²) in [7, 11) is 3.06. The second-order valence-electron chi connectivity index (χ2n) is 7.42. The minimum Gasteiger partial charge on any atom is -0.493 e. The first-order valence-electron chi connectivity index (χ1n) is 10.5. The number of amides is 1. The van der Waals surface area contributed by atoms with Gasteiger partial charge in [0.15, 0.2) is 35.4 Å². The van der Waals surface area contributed by atoms with Gasteiger partial charge in [0.25, 0.3) is 5.91 Å². The van der Waals surface area contributed by atoms with Gasteiger partial charge in [0.2, 0.25) is 0 Å². The first kappa shape index (κ1) is 23.4. The fourth-order valence-corrected chi connectivity index (χ4v) is 3.30. The van der Waals surface area contributed by atoms with Crippen molar-refractivity contribution in [1.82, 2.24) is 5.32 Å². The molecule has 8 heteroatoms. The average molecular weight is 443 g/mol. The van der Waals surface area contributed by atoms with Crippen LogP contribution in [0.2, 0.25) is 0 Å². The number of carbonyl (C=O) groups is 2. The first-order chi connectivity index (χ1) is 15.5. The van der Waals surface area contributed by atoms with Gasteiger partial charge in [-0.15, -0.1) is 0 Å². The minimum atomic E-state index is -0.291. The van der Waals surface area contributed by atoms with Crippen LogP contribution in [0.3, 0.4) is 0 Å². The largest absolute Gasteiger partial charge is 0.493 e. The standard InChI is InChI=1S/C24H29NO7/c1-16(26)18-7-9-21(23(12-18)29-3)32-15-24(27)25-13-17-6-8-20(22(11-17)28-2)31-14-19-5-4-10-30-19/h6-9,11-12,19H,4-5,10,13-15H2,1-3H3,(H,25,27). The molecule has 8 nitrogen and oxygen atoms in total. The van der Waals surface area contributed by atoms with Gasteiger partial charge in [-0.05, 0) is 55.7 Å². The van der Waals surface area contributed by atoms with E-state index >= 15 is 0 Å². The summed E-state index contributed by atoms with van der Waals surface area (Å²) < 4.78 is 27.6. The summed E-state index contributed by atoms with van der Waals surface area (Å²) in [5.41, 5.74) is 1.37. The predicted molar refractivity (Wildman–Crippen MR) is 118 cm³/mol. The third-order valence-electron chi connectivity index (χ3n) is 5.10. The number of Topliss-reactive ketones (excluding diaryl/α,β-unsaturated/α-hetero) is 1. The van der Waals surface area contributed by atoms with E-state index in [1.165, 1.54) is 14.0 Å². The molecule has 1 N–H and O–H groups in total. The maximum Gasteiger partial charge on any atom is 0.258 e. The van der Waals surface area contributed by atoms with E-state index in [-0.39, 0.29) is 24.4 Å². The zero-order chi connectivity index (χ0) is 22.9. The van der Waals surface area contributed by atoms with E-state index in [9.17, 15) is 9.59 Å². The number of methoxy groups -OCH3 is 2. The topological polar surface area (TPSA) is 92.3 Å². The Morgan fingerprint density at radius 3 is 2.41 bits per heavy atom. The first-order valence-corrected chi connectivity index (χ1v) is 10.5. The second kappa shape index (κ2) is 11.4. The second-order valence-corrected chi connectivity index (χ2v) is 7.42. The molecule has 3 rings (SSSR count). The van der Waals surface area contributed by atoms with Crippen molar-refractivity contribution in [3.8, 4) is 23.0 Å². The molecule has 0 aliphatic carbocycles. The van der Waals surface area contributed by atoms with Crippen molar-refractivity contribution >= 4 is 11.7 Å². The van der Waals surface area contributed by atoms with Crippen molar-refractivity contribution in [1.29, 1.82) is 0 Å². The normalized spacial score (nSPS) is 15.2. The highest BCUT2D eigenvalue weighted by Crippen LogP contribution is 2.29. The van der Waals surface area contributed by atoms with Crippen LogP contribution in [0, 0.1) is 0 Å². The fraction of sp³-hybridized carbons (Fsp3) is 0.417. The average Bonchev–Trinajstić information content (AvgIpc) is 3.33. The SMILES string of the molecule is COc1cc(C(C)=O)ccc1OCC(=O)NCc1ccc(OCC2CCCO2)c(OC)c1. The monoisotopic (exact) mass is 443 g/mol. The Balaban J connectivity index is 1.50. The third kappa shape index (κ3) is 6.37. The summed E-state index contributed by atoms with van der Waals surface area (Å²) in [4.78, 5) is 23.7. The third-order valence-corrected chi connectivity index (χ3v) is 5.10. The summed E-state index contributed by atoms with van der Waals surface area (Å²) in [6.45, 7) is 2.87. The minimum absolute atomic E-state index is 0.0775. The van der Waals surface area contributed by atoms with Crippen molar-refractivity contribution in [2.24, 2.45) is 0 Å². The van der Waals surface area contributed by atoms with Gasteiger partial charge in [0.05, 0.1) is 20.3 Å². The summed E-state index contributed by atoms with van der Waals surface area (Å²) in [5.74, 6) is 1.66. The molecule has 1 atom stereocenters. The molecule has 1 saturated heterocycles. The highest BCUT2D eigenvalue weighted by atomic mass is 16.5. The van der Waals surface area contributed by atoms with E-state index < -0.39 is 0 Å². The van der Waals surface area contributed by atoms with Crippen LogP contribution in [0.15, 0.2) is 36.4 Å². The van der Waals surface area contributed by atoms with E-state index in [0.29, 0.717) is 41.7 Å². The Morgan fingerprint density at radius 2 is 1.72 bits per heavy atom. The highest BCUT2D eigenvalue weighted by Gasteiger charge is 2.17. The molecule has 1 heterocycles. The van der Waals surface area contributed by atoms with Gasteiger partial charge in [-0.2, -0.15) is 0 Å². The molecule has 1 unspecified atom stereocenters. The number of ether oxygens (including phenoxy) is 5. The smallest absolute Gasteiger partial charge is 0.258 e. The summed E-state index contributed by atoms with van der Waals surface area (Å²) in [5, 5.41) is 2.81. The van der Waals surface area contributed by atoms with Crippen molar-refractivity contribution in [3.05, 3.63) is 47.5 Å². The molecule has 2 aromatic rings. The number of hydrogen-bond acceptors (Lipinski definition) is 7. The van der Waals surface area contributed by atoms with Gasteiger partial charge >= 0.3 is 0 Å². The van der Waals surface area contributed by atoms with Crippen LogP contribution in [0.4, 0.5) is 0 Å².